The zero-order chi connectivity index (χ0) is 23.5. The first-order valence-corrected chi connectivity index (χ1v) is 11.3. The van der Waals surface area contributed by atoms with Crippen LogP contribution in [0.2, 0.25) is 0 Å². The van der Waals surface area contributed by atoms with Crippen molar-refractivity contribution < 1.29 is 9.53 Å². The van der Waals surface area contributed by atoms with E-state index >= 15 is 0 Å². The highest BCUT2D eigenvalue weighted by Crippen LogP contribution is 2.40. The standard InChI is InChI=1S/C29H30N2O2/c1-3-31(24(2)21-22-30)28(32)20-13-23-33-29(25-14-7-4-8-15-25,26-16-9-5-10-17-26)27-18-11-6-12-19-27/h4-20,24H,3,21,23H2,1-2H3/b20-13+/t24-/m1/s1. The van der Waals surface area contributed by atoms with Gasteiger partial charge in [0, 0.05) is 18.7 Å². The van der Waals surface area contributed by atoms with E-state index in [-0.39, 0.29) is 18.6 Å². The molecule has 0 aromatic heterocycles. The van der Waals surface area contributed by atoms with Crippen molar-refractivity contribution in [2.24, 2.45) is 0 Å². The van der Waals surface area contributed by atoms with Crippen LogP contribution in [0.1, 0.15) is 37.0 Å². The van der Waals surface area contributed by atoms with Crippen LogP contribution in [0.5, 0.6) is 0 Å². The third-order valence-electron chi connectivity index (χ3n) is 5.74. The molecule has 0 unspecified atom stereocenters. The fourth-order valence-corrected chi connectivity index (χ4v) is 4.11. The summed E-state index contributed by atoms with van der Waals surface area (Å²) in [7, 11) is 0. The smallest absolute Gasteiger partial charge is 0.246 e. The fourth-order valence-electron chi connectivity index (χ4n) is 4.11. The Bertz CT molecular complexity index is 976. The summed E-state index contributed by atoms with van der Waals surface area (Å²) >= 11 is 0. The summed E-state index contributed by atoms with van der Waals surface area (Å²) < 4.78 is 6.65. The van der Waals surface area contributed by atoms with Gasteiger partial charge in [0.1, 0.15) is 5.60 Å². The lowest BCUT2D eigenvalue weighted by Crippen LogP contribution is -2.37. The fraction of sp³-hybridized carbons (Fsp3) is 0.241. The Morgan fingerprint density at radius 1 is 0.939 bits per heavy atom. The summed E-state index contributed by atoms with van der Waals surface area (Å²) in [5, 5.41) is 8.97. The maximum atomic E-state index is 12.7. The van der Waals surface area contributed by atoms with E-state index in [1.54, 1.807) is 17.1 Å². The molecule has 1 atom stereocenters. The molecule has 3 aromatic rings. The number of nitriles is 1. The lowest BCUT2D eigenvalue weighted by molar-refractivity contribution is -0.127. The minimum atomic E-state index is -0.824. The highest BCUT2D eigenvalue weighted by molar-refractivity contribution is 5.87. The van der Waals surface area contributed by atoms with Crippen LogP contribution in [0, 0.1) is 11.3 Å². The van der Waals surface area contributed by atoms with E-state index in [2.05, 4.69) is 42.5 Å². The van der Waals surface area contributed by atoms with Crippen LogP contribution in [0.25, 0.3) is 0 Å². The quantitative estimate of drug-likeness (QED) is 0.301. The second-order valence-corrected chi connectivity index (χ2v) is 7.83. The maximum absolute atomic E-state index is 12.7. The Kier molecular flexibility index (Phi) is 8.57. The van der Waals surface area contributed by atoms with Gasteiger partial charge in [-0.2, -0.15) is 5.26 Å². The minimum absolute atomic E-state index is 0.117. The topological polar surface area (TPSA) is 53.3 Å². The Balaban J connectivity index is 1.94. The number of rotatable bonds is 10. The van der Waals surface area contributed by atoms with Crippen molar-refractivity contribution in [3.63, 3.8) is 0 Å². The summed E-state index contributed by atoms with van der Waals surface area (Å²) in [6.45, 7) is 4.60. The van der Waals surface area contributed by atoms with Gasteiger partial charge in [-0.05, 0) is 30.5 Å². The number of amides is 1. The van der Waals surface area contributed by atoms with Gasteiger partial charge < -0.3 is 9.64 Å². The lowest BCUT2D eigenvalue weighted by atomic mass is 9.80. The van der Waals surface area contributed by atoms with Crippen molar-refractivity contribution in [3.05, 3.63) is 120 Å². The van der Waals surface area contributed by atoms with Crippen LogP contribution in [-0.4, -0.2) is 30.0 Å². The lowest BCUT2D eigenvalue weighted by Gasteiger charge is -2.35. The highest BCUT2D eigenvalue weighted by Gasteiger charge is 2.37. The molecule has 0 N–H and O–H groups in total. The summed E-state index contributed by atoms with van der Waals surface area (Å²) in [5.41, 5.74) is 2.22. The van der Waals surface area contributed by atoms with Crippen molar-refractivity contribution in [2.75, 3.05) is 13.2 Å². The summed E-state index contributed by atoms with van der Waals surface area (Å²) in [6.07, 6.45) is 3.61. The Labute approximate surface area is 196 Å². The predicted octanol–water partition coefficient (Wildman–Crippen LogP) is 5.70. The molecule has 0 fully saturated rings. The highest BCUT2D eigenvalue weighted by atomic mass is 16.5. The molecule has 0 bridgehead atoms. The maximum Gasteiger partial charge on any atom is 0.246 e. The van der Waals surface area contributed by atoms with Crippen molar-refractivity contribution in [1.29, 1.82) is 5.26 Å². The molecule has 168 valence electrons. The molecule has 4 heteroatoms. The molecule has 0 saturated heterocycles. The van der Waals surface area contributed by atoms with Gasteiger partial charge in [-0.3, -0.25) is 4.79 Å². The largest absolute Gasteiger partial charge is 0.357 e. The molecule has 0 heterocycles. The first kappa shape index (κ1) is 24.0. The van der Waals surface area contributed by atoms with Gasteiger partial charge in [-0.25, -0.2) is 0 Å². The number of benzene rings is 3. The van der Waals surface area contributed by atoms with E-state index in [0.29, 0.717) is 13.0 Å². The van der Waals surface area contributed by atoms with E-state index in [9.17, 15) is 4.79 Å². The molecule has 0 saturated carbocycles. The first-order valence-electron chi connectivity index (χ1n) is 11.3. The van der Waals surface area contributed by atoms with Crippen molar-refractivity contribution in [2.45, 2.75) is 31.9 Å². The summed E-state index contributed by atoms with van der Waals surface area (Å²) in [6, 6.07) is 32.4. The van der Waals surface area contributed by atoms with Gasteiger partial charge in [-0.1, -0.05) is 97.1 Å². The molecule has 0 aliphatic rings. The first-order chi connectivity index (χ1) is 16.1. The molecule has 0 spiro atoms. The van der Waals surface area contributed by atoms with E-state index in [4.69, 9.17) is 10.00 Å². The molecule has 0 radical (unpaired) electrons. The van der Waals surface area contributed by atoms with E-state index < -0.39 is 5.60 Å². The van der Waals surface area contributed by atoms with E-state index in [1.807, 2.05) is 68.4 Å². The van der Waals surface area contributed by atoms with Crippen molar-refractivity contribution in [1.82, 2.24) is 4.90 Å². The Morgan fingerprint density at radius 2 is 1.39 bits per heavy atom. The van der Waals surface area contributed by atoms with Crippen LogP contribution in [0.4, 0.5) is 0 Å². The predicted molar refractivity (Wildman–Crippen MR) is 131 cm³/mol. The van der Waals surface area contributed by atoms with Gasteiger partial charge in [0.2, 0.25) is 5.91 Å². The zero-order valence-electron chi connectivity index (χ0n) is 19.2. The summed E-state index contributed by atoms with van der Waals surface area (Å²) in [5.74, 6) is -0.117. The van der Waals surface area contributed by atoms with Crippen molar-refractivity contribution in [3.8, 4) is 6.07 Å². The third-order valence-corrected chi connectivity index (χ3v) is 5.74. The molecule has 0 aliphatic heterocycles. The molecule has 33 heavy (non-hydrogen) atoms. The van der Waals surface area contributed by atoms with Gasteiger partial charge in [0.05, 0.1) is 19.1 Å². The Hall–Kier alpha value is -3.68. The number of ether oxygens (including phenoxy) is 1. The van der Waals surface area contributed by atoms with Crippen LogP contribution in [-0.2, 0) is 15.1 Å². The molecule has 0 aliphatic carbocycles. The van der Waals surface area contributed by atoms with Gasteiger partial charge in [0.15, 0.2) is 0 Å². The molecule has 3 rings (SSSR count). The number of hydrogen-bond donors (Lipinski definition) is 0. The average Bonchev–Trinajstić information content (AvgIpc) is 2.86. The summed E-state index contributed by atoms with van der Waals surface area (Å²) in [4.78, 5) is 14.4. The Morgan fingerprint density at radius 3 is 1.79 bits per heavy atom. The molecular weight excluding hydrogens is 408 g/mol. The van der Waals surface area contributed by atoms with Crippen LogP contribution >= 0.6 is 0 Å². The molecule has 3 aromatic carbocycles. The molecule has 1 amide bonds. The second kappa shape index (κ2) is 11.8. The van der Waals surface area contributed by atoms with Gasteiger partial charge >= 0.3 is 0 Å². The molecular formula is C29H30N2O2. The van der Waals surface area contributed by atoms with Gasteiger partial charge in [0.25, 0.3) is 0 Å². The van der Waals surface area contributed by atoms with Crippen LogP contribution < -0.4 is 0 Å². The van der Waals surface area contributed by atoms with Crippen molar-refractivity contribution >= 4 is 5.91 Å². The monoisotopic (exact) mass is 438 g/mol. The number of hydrogen-bond acceptors (Lipinski definition) is 3. The number of carbonyl (C=O) groups is 1. The van der Waals surface area contributed by atoms with Crippen LogP contribution in [0.3, 0.4) is 0 Å². The SMILES string of the molecule is CCN(C(=O)/C=C/COC(c1ccccc1)(c1ccccc1)c1ccccc1)[C@H](C)CC#N. The van der Waals surface area contributed by atoms with Gasteiger partial charge in [-0.15, -0.1) is 0 Å². The normalized spacial score (nSPS) is 12.3. The average molecular weight is 439 g/mol. The number of carbonyl (C=O) groups excluding carboxylic acids is 1. The number of likely N-dealkylation sites (N-methyl/N-ethyl adjacent to an activating group) is 1. The second-order valence-electron chi connectivity index (χ2n) is 7.83. The third kappa shape index (κ3) is 5.58. The van der Waals surface area contributed by atoms with E-state index in [0.717, 1.165) is 16.7 Å². The van der Waals surface area contributed by atoms with E-state index in [1.165, 1.54) is 0 Å². The van der Waals surface area contributed by atoms with Crippen LogP contribution in [0.15, 0.2) is 103 Å². The minimum Gasteiger partial charge on any atom is -0.357 e. The number of nitrogens with zero attached hydrogens (tertiary/aromatic N) is 2. The molecule has 4 nitrogen and oxygen atoms in total. The zero-order valence-corrected chi connectivity index (χ0v) is 19.2.